The van der Waals surface area contributed by atoms with Gasteiger partial charge in [-0.3, -0.25) is 4.79 Å². The number of nitrogens with zero attached hydrogens (tertiary/aromatic N) is 3. The SMILES string of the molecule is CC(C)(C)C(=O)C1C(c2ccc(C(F)(F)F)cc2)C(C#N)(C#N)C2c3ccccc3C=CN12. The minimum atomic E-state index is -4.52. The predicted molar refractivity (Wildman–Crippen MR) is 116 cm³/mol. The number of fused-ring (bicyclic) bond motifs is 3. The van der Waals surface area contributed by atoms with Crippen molar-refractivity contribution in [2.75, 3.05) is 0 Å². The Morgan fingerprint density at radius 3 is 2.15 bits per heavy atom. The number of ketones is 1. The number of hydrogen-bond donors (Lipinski definition) is 0. The summed E-state index contributed by atoms with van der Waals surface area (Å²) in [5.41, 5.74) is -1.38. The highest BCUT2D eigenvalue weighted by atomic mass is 19.4. The normalized spacial score (nSPS) is 23.3. The molecule has 0 radical (unpaired) electrons. The summed E-state index contributed by atoms with van der Waals surface area (Å²) in [5.74, 6) is -1.13. The molecule has 7 heteroatoms. The van der Waals surface area contributed by atoms with Crippen molar-refractivity contribution in [1.29, 1.82) is 10.5 Å². The average Bonchev–Trinajstić information content (AvgIpc) is 3.08. The van der Waals surface area contributed by atoms with Crippen LogP contribution in [0.4, 0.5) is 13.2 Å². The maximum atomic E-state index is 13.7. The maximum absolute atomic E-state index is 13.7. The molecule has 2 aliphatic heterocycles. The van der Waals surface area contributed by atoms with Crippen molar-refractivity contribution in [2.24, 2.45) is 10.8 Å². The third-order valence-electron chi connectivity index (χ3n) is 6.55. The molecule has 2 aliphatic rings. The van der Waals surface area contributed by atoms with Gasteiger partial charge >= 0.3 is 6.18 Å². The molecule has 4 rings (SSSR count). The fourth-order valence-corrected chi connectivity index (χ4v) is 4.99. The summed E-state index contributed by atoms with van der Waals surface area (Å²) < 4.78 is 39.5. The number of benzene rings is 2. The van der Waals surface area contributed by atoms with Crippen molar-refractivity contribution < 1.29 is 18.0 Å². The van der Waals surface area contributed by atoms with Crippen molar-refractivity contribution in [3.05, 3.63) is 77.0 Å². The molecule has 4 nitrogen and oxygen atoms in total. The van der Waals surface area contributed by atoms with E-state index >= 15 is 0 Å². The van der Waals surface area contributed by atoms with Crippen LogP contribution in [0.2, 0.25) is 0 Å². The third-order valence-corrected chi connectivity index (χ3v) is 6.55. The summed E-state index contributed by atoms with van der Waals surface area (Å²) in [5, 5.41) is 20.8. The summed E-state index contributed by atoms with van der Waals surface area (Å²) >= 11 is 0. The molecule has 3 unspecified atom stereocenters. The van der Waals surface area contributed by atoms with Crippen LogP contribution in [0.15, 0.2) is 54.7 Å². The number of halogens is 3. The molecule has 2 aromatic carbocycles. The molecular weight excluding hydrogens is 427 g/mol. The van der Waals surface area contributed by atoms with E-state index < -0.39 is 40.6 Å². The Morgan fingerprint density at radius 1 is 1.00 bits per heavy atom. The minimum Gasteiger partial charge on any atom is -0.357 e. The molecule has 0 amide bonds. The fraction of sp³-hybridized carbons (Fsp3) is 0.346. The van der Waals surface area contributed by atoms with E-state index in [9.17, 15) is 28.5 Å². The maximum Gasteiger partial charge on any atom is 0.416 e. The summed E-state index contributed by atoms with van der Waals surface area (Å²) in [6.07, 6.45) is -0.951. The van der Waals surface area contributed by atoms with E-state index in [1.165, 1.54) is 12.1 Å². The molecule has 1 fully saturated rings. The molecule has 0 aromatic heterocycles. The molecule has 0 N–H and O–H groups in total. The standard InChI is InChI=1S/C26H22F3N3O/c1-24(2,3)23(33)21-20(17-8-10-18(11-9-17)26(27,28)29)25(14-30,15-31)22-19-7-5-4-6-16(19)12-13-32(21)22/h4-13,20-22H,1-3H3. The third kappa shape index (κ3) is 3.40. The summed E-state index contributed by atoms with van der Waals surface area (Å²) in [6, 6.07) is 14.5. The second kappa shape index (κ2) is 7.49. The highest BCUT2D eigenvalue weighted by Crippen LogP contribution is 2.60. The van der Waals surface area contributed by atoms with Gasteiger partial charge in [0, 0.05) is 17.5 Å². The molecule has 2 aromatic rings. The zero-order chi connectivity index (χ0) is 24.2. The van der Waals surface area contributed by atoms with Crippen LogP contribution in [0, 0.1) is 33.5 Å². The second-order valence-electron chi connectivity index (χ2n) is 9.54. The molecule has 1 saturated heterocycles. The van der Waals surface area contributed by atoms with E-state index in [2.05, 4.69) is 12.1 Å². The lowest BCUT2D eigenvalue weighted by atomic mass is 9.66. The fourth-order valence-electron chi connectivity index (χ4n) is 4.99. The number of Topliss-reactive ketones (excluding diaryl/α,β-unsaturated/α-hetero) is 1. The smallest absolute Gasteiger partial charge is 0.357 e. The van der Waals surface area contributed by atoms with Gasteiger partial charge in [0.25, 0.3) is 0 Å². The predicted octanol–water partition coefficient (Wildman–Crippen LogP) is 5.85. The Bertz CT molecular complexity index is 1200. The first kappa shape index (κ1) is 22.6. The quantitative estimate of drug-likeness (QED) is 0.577. The monoisotopic (exact) mass is 449 g/mol. The van der Waals surface area contributed by atoms with Gasteiger partial charge in [-0.1, -0.05) is 57.2 Å². The lowest BCUT2D eigenvalue weighted by molar-refractivity contribution is -0.137. The number of hydrogen-bond acceptors (Lipinski definition) is 4. The molecule has 0 spiro atoms. The Hall–Kier alpha value is -3.58. The number of nitriles is 2. The largest absolute Gasteiger partial charge is 0.416 e. The first-order chi connectivity index (χ1) is 15.5. The zero-order valence-electron chi connectivity index (χ0n) is 18.4. The minimum absolute atomic E-state index is 0.186. The number of carbonyl (C=O) groups excluding carboxylic acids is 1. The van der Waals surface area contributed by atoms with Crippen molar-refractivity contribution >= 4 is 11.9 Å². The lowest BCUT2D eigenvalue weighted by Gasteiger charge is -2.36. The van der Waals surface area contributed by atoms with E-state index in [0.717, 1.165) is 23.3 Å². The molecule has 0 bridgehead atoms. The van der Waals surface area contributed by atoms with Crippen molar-refractivity contribution in [3.63, 3.8) is 0 Å². The van der Waals surface area contributed by atoms with Crippen LogP contribution in [0.25, 0.3) is 6.08 Å². The molecular formula is C26H22F3N3O. The van der Waals surface area contributed by atoms with E-state index in [0.29, 0.717) is 5.56 Å². The summed E-state index contributed by atoms with van der Waals surface area (Å²) in [7, 11) is 0. The average molecular weight is 449 g/mol. The molecule has 168 valence electrons. The Morgan fingerprint density at radius 2 is 1.61 bits per heavy atom. The van der Waals surface area contributed by atoms with Gasteiger partial charge in [-0.15, -0.1) is 0 Å². The first-order valence-corrected chi connectivity index (χ1v) is 10.5. The zero-order valence-corrected chi connectivity index (χ0v) is 18.4. The molecule has 0 saturated carbocycles. The van der Waals surface area contributed by atoms with E-state index in [-0.39, 0.29) is 5.78 Å². The molecule has 2 heterocycles. The Balaban J connectivity index is 1.98. The van der Waals surface area contributed by atoms with Gasteiger partial charge < -0.3 is 4.90 Å². The van der Waals surface area contributed by atoms with Gasteiger partial charge in [-0.05, 0) is 34.9 Å². The van der Waals surface area contributed by atoms with Gasteiger partial charge in [-0.2, -0.15) is 23.7 Å². The summed E-state index contributed by atoms with van der Waals surface area (Å²) in [4.78, 5) is 15.4. The number of rotatable bonds is 2. The van der Waals surface area contributed by atoms with Crippen LogP contribution in [0.5, 0.6) is 0 Å². The van der Waals surface area contributed by atoms with Gasteiger partial charge in [0.2, 0.25) is 0 Å². The Labute approximate surface area is 190 Å². The van der Waals surface area contributed by atoms with Crippen LogP contribution in [-0.4, -0.2) is 16.7 Å². The van der Waals surface area contributed by atoms with Crippen molar-refractivity contribution in [1.82, 2.24) is 4.90 Å². The van der Waals surface area contributed by atoms with E-state index in [1.54, 1.807) is 31.9 Å². The second-order valence-corrected chi connectivity index (χ2v) is 9.54. The van der Waals surface area contributed by atoms with E-state index in [1.807, 2.05) is 30.3 Å². The van der Waals surface area contributed by atoms with Crippen molar-refractivity contribution in [2.45, 2.75) is 44.9 Å². The van der Waals surface area contributed by atoms with Crippen molar-refractivity contribution in [3.8, 4) is 12.1 Å². The summed E-state index contributed by atoms with van der Waals surface area (Å²) in [6.45, 7) is 5.28. The van der Waals surface area contributed by atoms with Crippen LogP contribution < -0.4 is 0 Å². The molecule has 33 heavy (non-hydrogen) atoms. The van der Waals surface area contributed by atoms with E-state index in [4.69, 9.17) is 0 Å². The lowest BCUT2D eigenvalue weighted by Crippen LogP contribution is -2.43. The topological polar surface area (TPSA) is 67.9 Å². The number of carbonyl (C=O) groups is 1. The van der Waals surface area contributed by atoms with Gasteiger partial charge in [-0.25, -0.2) is 0 Å². The van der Waals surface area contributed by atoms with Gasteiger partial charge in [0.1, 0.15) is 0 Å². The number of alkyl halides is 3. The highest BCUT2D eigenvalue weighted by Gasteiger charge is 2.64. The van der Waals surface area contributed by atoms with Crippen LogP contribution >= 0.6 is 0 Å². The van der Waals surface area contributed by atoms with Gasteiger partial charge in [0.15, 0.2) is 11.2 Å². The van der Waals surface area contributed by atoms with Gasteiger partial charge in [0.05, 0.1) is 29.8 Å². The van der Waals surface area contributed by atoms with Crippen LogP contribution in [0.1, 0.15) is 55.0 Å². The first-order valence-electron chi connectivity index (χ1n) is 10.5. The molecule has 0 aliphatic carbocycles. The molecule has 3 atom stereocenters. The van der Waals surface area contributed by atoms with Crippen LogP contribution in [-0.2, 0) is 11.0 Å². The highest BCUT2D eigenvalue weighted by molar-refractivity contribution is 5.91. The Kier molecular flexibility index (Phi) is 5.13. The van der Waals surface area contributed by atoms with Crippen LogP contribution in [0.3, 0.4) is 0 Å².